The molecule has 0 heterocycles. The van der Waals surface area contributed by atoms with Crippen molar-refractivity contribution in [2.75, 3.05) is 0 Å². The molecule has 84 valence electrons. The van der Waals surface area contributed by atoms with E-state index in [9.17, 15) is 25.5 Å². The predicted molar refractivity (Wildman–Crippen MR) is 44.7 cm³/mol. The van der Waals surface area contributed by atoms with Crippen LogP contribution in [0.5, 0.6) is 0 Å². The number of hydrogen-bond donors (Lipinski definition) is 0. The minimum atomic E-state index is -5.16. The van der Waals surface area contributed by atoms with Gasteiger partial charge in [0.25, 0.3) is 0 Å². The Hall–Kier alpha value is -0.820. The normalized spacial score (nSPS) is 12.9. The summed E-state index contributed by atoms with van der Waals surface area (Å²) in [6.07, 6.45) is -4.82. The largest absolute Gasteiger partial charge is 0.417 e. The van der Waals surface area contributed by atoms with E-state index >= 15 is 0 Å². The van der Waals surface area contributed by atoms with Crippen LogP contribution in [0.4, 0.5) is 17.1 Å². The van der Waals surface area contributed by atoms with Gasteiger partial charge in [0.15, 0.2) is 0 Å². The standard InChI is InChI=1S/C7H3ClF4O2S/c8-6-2-1-4(15(12,13)14)3-5(6)7(9,10)11/h1-3H. The predicted octanol–water partition coefficient (Wildman–Crippen LogP) is 3.02. The summed E-state index contributed by atoms with van der Waals surface area (Å²) < 4.78 is 69.7. The van der Waals surface area contributed by atoms with Gasteiger partial charge in [-0.1, -0.05) is 11.6 Å². The van der Waals surface area contributed by atoms with E-state index in [0.717, 1.165) is 0 Å². The second-order valence-corrected chi connectivity index (χ2v) is 4.33. The van der Waals surface area contributed by atoms with E-state index in [1.807, 2.05) is 0 Å². The summed E-state index contributed by atoms with van der Waals surface area (Å²) in [5, 5.41) is -0.685. The molecule has 15 heavy (non-hydrogen) atoms. The number of hydrogen-bond acceptors (Lipinski definition) is 2. The summed E-state index contributed by atoms with van der Waals surface area (Å²) in [6, 6.07) is 1.49. The molecule has 0 fully saturated rings. The van der Waals surface area contributed by atoms with Crippen molar-refractivity contribution in [2.24, 2.45) is 0 Å². The third-order valence-corrected chi connectivity index (χ3v) is 2.67. The molecule has 0 radical (unpaired) electrons. The zero-order valence-electron chi connectivity index (χ0n) is 6.85. The lowest BCUT2D eigenvalue weighted by Crippen LogP contribution is -2.07. The van der Waals surface area contributed by atoms with Crippen LogP contribution < -0.4 is 0 Å². The van der Waals surface area contributed by atoms with Crippen molar-refractivity contribution in [3.05, 3.63) is 28.8 Å². The average Bonchev–Trinajstić information content (AvgIpc) is 2.00. The van der Waals surface area contributed by atoms with Crippen molar-refractivity contribution in [3.8, 4) is 0 Å². The molecule has 0 saturated carbocycles. The van der Waals surface area contributed by atoms with Crippen molar-refractivity contribution in [3.63, 3.8) is 0 Å². The van der Waals surface area contributed by atoms with Gasteiger partial charge in [0.1, 0.15) is 0 Å². The van der Waals surface area contributed by atoms with E-state index in [1.54, 1.807) is 0 Å². The monoisotopic (exact) mass is 262 g/mol. The van der Waals surface area contributed by atoms with Crippen molar-refractivity contribution in [1.29, 1.82) is 0 Å². The topological polar surface area (TPSA) is 34.1 Å². The Bertz CT molecular complexity index is 480. The third-order valence-electron chi connectivity index (χ3n) is 1.52. The molecule has 0 aliphatic rings. The highest BCUT2D eigenvalue weighted by molar-refractivity contribution is 7.86. The fraction of sp³-hybridized carbons (Fsp3) is 0.143. The van der Waals surface area contributed by atoms with E-state index < -0.39 is 31.9 Å². The molecule has 0 aliphatic carbocycles. The van der Waals surface area contributed by atoms with Crippen LogP contribution in [0, 0.1) is 0 Å². The van der Waals surface area contributed by atoms with Crippen molar-refractivity contribution < 1.29 is 25.5 Å². The lowest BCUT2D eigenvalue weighted by Gasteiger charge is -2.09. The van der Waals surface area contributed by atoms with Gasteiger partial charge < -0.3 is 0 Å². The molecule has 2 nitrogen and oxygen atoms in total. The molecule has 1 rings (SSSR count). The first kappa shape index (κ1) is 12.3. The Morgan fingerprint density at radius 2 is 1.73 bits per heavy atom. The van der Waals surface area contributed by atoms with Gasteiger partial charge in [-0.3, -0.25) is 0 Å². The minimum Gasteiger partial charge on any atom is -0.189 e. The van der Waals surface area contributed by atoms with Gasteiger partial charge in [0.2, 0.25) is 0 Å². The second kappa shape index (κ2) is 3.64. The molecule has 0 amide bonds. The zero-order valence-corrected chi connectivity index (χ0v) is 8.42. The molecule has 0 unspecified atom stereocenters. The van der Waals surface area contributed by atoms with Gasteiger partial charge in [-0.15, -0.1) is 3.89 Å². The van der Waals surface area contributed by atoms with Crippen LogP contribution in [-0.2, 0) is 16.4 Å². The molecule has 0 aliphatic heterocycles. The summed E-state index contributed by atoms with van der Waals surface area (Å²) >= 11 is 5.19. The maximum atomic E-state index is 12.4. The third kappa shape index (κ3) is 2.82. The van der Waals surface area contributed by atoms with Crippen LogP contribution in [0.25, 0.3) is 0 Å². The van der Waals surface area contributed by atoms with E-state index in [1.165, 1.54) is 0 Å². The Morgan fingerprint density at radius 3 is 2.13 bits per heavy atom. The molecule has 0 aromatic heterocycles. The fourth-order valence-electron chi connectivity index (χ4n) is 0.873. The van der Waals surface area contributed by atoms with E-state index in [2.05, 4.69) is 0 Å². The van der Waals surface area contributed by atoms with Gasteiger partial charge in [-0.25, -0.2) is 0 Å². The SMILES string of the molecule is O=S(=O)(F)c1ccc(Cl)c(C(F)(F)F)c1. The number of benzene rings is 1. The average molecular weight is 263 g/mol. The Kier molecular flexibility index (Phi) is 2.97. The van der Waals surface area contributed by atoms with Gasteiger partial charge >= 0.3 is 16.4 Å². The first-order valence-electron chi connectivity index (χ1n) is 3.44. The summed E-state index contributed by atoms with van der Waals surface area (Å²) in [5.74, 6) is 0. The molecular formula is C7H3ClF4O2S. The van der Waals surface area contributed by atoms with Crippen LogP contribution >= 0.6 is 11.6 Å². The Morgan fingerprint density at radius 1 is 1.20 bits per heavy atom. The quantitative estimate of drug-likeness (QED) is 0.576. The minimum absolute atomic E-state index is 0.150. The number of alkyl halides is 3. The van der Waals surface area contributed by atoms with E-state index in [-0.39, 0.29) is 6.07 Å². The summed E-state index contributed by atoms with van der Waals surface area (Å²) in [5.41, 5.74) is -1.39. The summed E-state index contributed by atoms with van der Waals surface area (Å²) in [7, 11) is -5.16. The van der Waals surface area contributed by atoms with Gasteiger partial charge in [0.05, 0.1) is 15.5 Å². The molecule has 0 atom stereocenters. The van der Waals surface area contributed by atoms with Gasteiger partial charge in [-0.2, -0.15) is 21.6 Å². The molecule has 8 heteroatoms. The fourth-order valence-corrected chi connectivity index (χ4v) is 1.59. The highest BCUT2D eigenvalue weighted by Crippen LogP contribution is 2.36. The molecule has 0 N–H and O–H groups in total. The van der Waals surface area contributed by atoms with Gasteiger partial charge in [0, 0.05) is 0 Å². The highest BCUT2D eigenvalue weighted by Gasteiger charge is 2.34. The lowest BCUT2D eigenvalue weighted by molar-refractivity contribution is -0.137. The number of halogens is 5. The van der Waals surface area contributed by atoms with Crippen LogP contribution in [0.2, 0.25) is 5.02 Å². The maximum Gasteiger partial charge on any atom is 0.417 e. The second-order valence-electron chi connectivity index (χ2n) is 2.58. The molecule has 0 saturated heterocycles. The van der Waals surface area contributed by atoms with Crippen LogP contribution in [0.1, 0.15) is 5.56 Å². The van der Waals surface area contributed by atoms with Crippen LogP contribution in [-0.4, -0.2) is 8.42 Å². The number of rotatable bonds is 1. The van der Waals surface area contributed by atoms with Gasteiger partial charge in [-0.05, 0) is 18.2 Å². The first-order chi connectivity index (χ1) is 6.62. The molecule has 1 aromatic rings. The molecular weight excluding hydrogens is 260 g/mol. The van der Waals surface area contributed by atoms with Crippen molar-refractivity contribution >= 4 is 21.8 Å². The van der Waals surface area contributed by atoms with Crippen LogP contribution in [0.15, 0.2) is 23.1 Å². The molecule has 0 spiro atoms. The zero-order chi connectivity index (χ0) is 11.9. The van der Waals surface area contributed by atoms with Crippen molar-refractivity contribution in [1.82, 2.24) is 0 Å². The Balaban J connectivity index is 3.43. The van der Waals surface area contributed by atoms with E-state index in [0.29, 0.717) is 12.1 Å². The van der Waals surface area contributed by atoms with E-state index in [4.69, 9.17) is 11.6 Å². The smallest absolute Gasteiger partial charge is 0.189 e. The molecule has 1 aromatic carbocycles. The highest BCUT2D eigenvalue weighted by atomic mass is 35.5. The maximum absolute atomic E-state index is 12.4. The molecule has 0 bridgehead atoms. The Labute approximate surface area is 87.7 Å². The lowest BCUT2D eigenvalue weighted by atomic mass is 10.2. The van der Waals surface area contributed by atoms with Crippen LogP contribution in [0.3, 0.4) is 0 Å². The first-order valence-corrected chi connectivity index (χ1v) is 5.20. The van der Waals surface area contributed by atoms with Crippen molar-refractivity contribution in [2.45, 2.75) is 11.1 Å². The summed E-state index contributed by atoms with van der Waals surface area (Å²) in [6.45, 7) is 0. The summed E-state index contributed by atoms with van der Waals surface area (Å²) in [4.78, 5) is -1.07.